The van der Waals surface area contributed by atoms with Crippen molar-refractivity contribution < 1.29 is 4.79 Å². The van der Waals surface area contributed by atoms with E-state index in [0.717, 1.165) is 44.9 Å². The average molecular weight is 279 g/mol. The molecule has 20 heavy (non-hydrogen) atoms. The van der Waals surface area contributed by atoms with E-state index in [4.69, 9.17) is 0 Å². The molecule has 3 fully saturated rings. The molecule has 0 bridgehead atoms. The van der Waals surface area contributed by atoms with Crippen LogP contribution < -0.4 is 5.32 Å². The quantitative estimate of drug-likeness (QED) is 0.846. The Morgan fingerprint density at radius 2 is 1.95 bits per heavy atom. The van der Waals surface area contributed by atoms with Crippen molar-refractivity contribution >= 4 is 5.91 Å². The van der Waals surface area contributed by atoms with Gasteiger partial charge >= 0.3 is 0 Å². The van der Waals surface area contributed by atoms with Gasteiger partial charge in [-0.1, -0.05) is 6.42 Å². The Balaban J connectivity index is 1.40. The van der Waals surface area contributed by atoms with Crippen molar-refractivity contribution in [2.45, 2.75) is 51.0 Å². The van der Waals surface area contributed by atoms with E-state index >= 15 is 0 Å². The Hall–Kier alpha value is -0.610. The molecule has 1 N–H and O–H groups in total. The minimum absolute atomic E-state index is 0.399. The Bertz CT molecular complexity index is 322. The number of nitrogens with one attached hydrogen (secondary N) is 1. The van der Waals surface area contributed by atoms with Crippen molar-refractivity contribution in [3.05, 3.63) is 0 Å². The summed E-state index contributed by atoms with van der Waals surface area (Å²) in [6, 6.07) is 0.646. The first-order valence-corrected chi connectivity index (χ1v) is 8.55. The molecule has 4 heteroatoms. The van der Waals surface area contributed by atoms with Crippen LogP contribution in [0.5, 0.6) is 0 Å². The van der Waals surface area contributed by atoms with Gasteiger partial charge in [0.15, 0.2) is 0 Å². The van der Waals surface area contributed by atoms with Gasteiger partial charge in [0.25, 0.3) is 0 Å². The summed E-state index contributed by atoms with van der Waals surface area (Å²) < 4.78 is 0. The molecule has 3 aliphatic heterocycles. The SMILES string of the molecule is O=C(CCC1CCNC1)N1CCC(N2CCCCC2)C1. The maximum absolute atomic E-state index is 12.3. The minimum atomic E-state index is 0.399. The molecule has 0 spiro atoms. The molecule has 2 unspecified atom stereocenters. The predicted octanol–water partition coefficient (Wildman–Crippen LogP) is 1.46. The van der Waals surface area contributed by atoms with Gasteiger partial charge < -0.3 is 10.2 Å². The number of nitrogens with zero attached hydrogens (tertiary/aromatic N) is 2. The zero-order valence-corrected chi connectivity index (χ0v) is 12.6. The highest BCUT2D eigenvalue weighted by Gasteiger charge is 2.30. The molecule has 2 atom stereocenters. The normalized spacial score (nSPS) is 31.9. The van der Waals surface area contributed by atoms with Gasteiger partial charge in [-0.05, 0) is 64.2 Å². The number of hydrogen-bond acceptors (Lipinski definition) is 3. The van der Waals surface area contributed by atoms with E-state index in [1.807, 2.05) is 0 Å². The summed E-state index contributed by atoms with van der Waals surface area (Å²) >= 11 is 0. The van der Waals surface area contributed by atoms with Crippen LogP contribution in [0.15, 0.2) is 0 Å². The molecule has 3 aliphatic rings. The van der Waals surface area contributed by atoms with E-state index in [0.29, 0.717) is 11.9 Å². The molecule has 0 aliphatic carbocycles. The van der Waals surface area contributed by atoms with Crippen LogP contribution in [-0.2, 0) is 4.79 Å². The molecule has 0 aromatic carbocycles. The first kappa shape index (κ1) is 14.3. The summed E-state index contributed by atoms with van der Waals surface area (Å²) in [7, 11) is 0. The number of likely N-dealkylation sites (tertiary alicyclic amines) is 2. The first-order valence-electron chi connectivity index (χ1n) is 8.55. The summed E-state index contributed by atoms with van der Waals surface area (Å²) in [6.45, 7) is 6.73. The predicted molar refractivity (Wildman–Crippen MR) is 80.6 cm³/mol. The molecule has 0 aromatic rings. The number of piperidine rings is 1. The second kappa shape index (κ2) is 6.90. The number of carbonyl (C=O) groups excluding carboxylic acids is 1. The van der Waals surface area contributed by atoms with Crippen molar-refractivity contribution in [1.82, 2.24) is 15.1 Å². The molecule has 4 nitrogen and oxygen atoms in total. The number of rotatable bonds is 4. The van der Waals surface area contributed by atoms with Crippen LogP contribution in [0.4, 0.5) is 0 Å². The standard InChI is InChI=1S/C16H29N3O/c20-16(5-4-14-6-8-17-12-14)19-11-7-15(13-19)18-9-2-1-3-10-18/h14-15,17H,1-13H2. The fourth-order valence-electron chi connectivity index (χ4n) is 4.00. The second-order valence-corrected chi connectivity index (χ2v) is 6.78. The van der Waals surface area contributed by atoms with Crippen LogP contribution in [0, 0.1) is 5.92 Å². The van der Waals surface area contributed by atoms with Crippen LogP contribution in [0.1, 0.15) is 44.9 Å². The summed E-state index contributed by atoms with van der Waals surface area (Å²) in [4.78, 5) is 17.1. The van der Waals surface area contributed by atoms with Gasteiger partial charge in [-0.3, -0.25) is 9.69 Å². The van der Waals surface area contributed by atoms with Crippen LogP contribution in [0.3, 0.4) is 0 Å². The fourth-order valence-corrected chi connectivity index (χ4v) is 4.00. The third-order valence-electron chi connectivity index (χ3n) is 5.35. The van der Waals surface area contributed by atoms with E-state index in [1.165, 1.54) is 45.2 Å². The monoisotopic (exact) mass is 279 g/mol. The largest absolute Gasteiger partial charge is 0.341 e. The lowest BCUT2D eigenvalue weighted by Gasteiger charge is -2.32. The summed E-state index contributed by atoms with van der Waals surface area (Å²) in [6.07, 6.45) is 8.37. The summed E-state index contributed by atoms with van der Waals surface area (Å²) in [5, 5.41) is 3.38. The Morgan fingerprint density at radius 1 is 1.10 bits per heavy atom. The fraction of sp³-hybridized carbons (Fsp3) is 0.938. The van der Waals surface area contributed by atoms with Gasteiger partial charge in [-0.25, -0.2) is 0 Å². The maximum Gasteiger partial charge on any atom is 0.222 e. The molecule has 3 heterocycles. The van der Waals surface area contributed by atoms with Gasteiger partial charge in [-0.2, -0.15) is 0 Å². The van der Waals surface area contributed by atoms with E-state index < -0.39 is 0 Å². The van der Waals surface area contributed by atoms with Gasteiger partial charge in [0.1, 0.15) is 0 Å². The third-order valence-corrected chi connectivity index (χ3v) is 5.35. The van der Waals surface area contributed by atoms with Crippen molar-refractivity contribution in [3.8, 4) is 0 Å². The first-order chi connectivity index (χ1) is 9.83. The van der Waals surface area contributed by atoms with Crippen LogP contribution in [0.2, 0.25) is 0 Å². The molecule has 0 saturated carbocycles. The maximum atomic E-state index is 12.3. The number of hydrogen-bond donors (Lipinski definition) is 1. The van der Waals surface area contributed by atoms with Crippen molar-refractivity contribution in [2.24, 2.45) is 5.92 Å². The van der Waals surface area contributed by atoms with E-state index in [-0.39, 0.29) is 0 Å². The second-order valence-electron chi connectivity index (χ2n) is 6.78. The zero-order valence-electron chi connectivity index (χ0n) is 12.6. The van der Waals surface area contributed by atoms with Crippen LogP contribution in [0.25, 0.3) is 0 Å². The zero-order chi connectivity index (χ0) is 13.8. The molecular formula is C16H29N3O. The van der Waals surface area contributed by atoms with Gasteiger partial charge in [0, 0.05) is 25.6 Å². The lowest BCUT2D eigenvalue weighted by atomic mass is 10.0. The molecule has 0 radical (unpaired) electrons. The highest BCUT2D eigenvalue weighted by atomic mass is 16.2. The Kier molecular flexibility index (Phi) is 4.94. The molecule has 114 valence electrons. The summed E-state index contributed by atoms with van der Waals surface area (Å²) in [5.74, 6) is 1.14. The summed E-state index contributed by atoms with van der Waals surface area (Å²) in [5.41, 5.74) is 0. The van der Waals surface area contributed by atoms with E-state index in [2.05, 4.69) is 15.1 Å². The lowest BCUT2D eigenvalue weighted by Crippen LogP contribution is -2.41. The molecule has 0 aromatic heterocycles. The number of carbonyl (C=O) groups is 1. The highest BCUT2D eigenvalue weighted by Crippen LogP contribution is 2.22. The van der Waals surface area contributed by atoms with Gasteiger partial charge in [0.05, 0.1) is 0 Å². The molecule has 3 saturated heterocycles. The van der Waals surface area contributed by atoms with Crippen molar-refractivity contribution in [3.63, 3.8) is 0 Å². The molecule has 1 amide bonds. The van der Waals surface area contributed by atoms with Gasteiger partial charge in [0.2, 0.25) is 5.91 Å². The lowest BCUT2D eigenvalue weighted by molar-refractivity contribution is -0.130. The number of amides is 1. The Labute approximate surface area is 122 Å². The van der Waals surface area contributed by atoms with Crippen LogP contribution in [-0.4, -0.2) is 61.0 Å². The van der Waals surface area contributed by atoms with E-state index in [9.17, 15) is 4.79 Å². The van der Waals surface area contributed by atoms with Gasteiger partial charge in [-0.15, -0.1) is 0 Å². The highest BCUT2D eigenvalue weighted by molar-refractivity contribution is 5.76. The van der Waals surface area contributed by atoms with Crippen LogP contribution >= 0.6 is 0 Å². The van der Waals surface area contributed by atoms with Crippen molar-refractivity contribution in [2.75, 3.05) is 39.3 Å². The van der Waals surface area contributed by atoms with E-state index in [1.54, 1.807) is 0 Å². The smallest absolute Gasteiger partial charge is 0.222 e. The Morgan fingerprint density at radius 3 is 2.70 bits per heavy atom. The third kappa shape index (κ3) is 3.53. The molecule has 3 rings (SSSR count). The molecular weight excluding hydrogens is 250 g/mol. The minimum Gasteiger partial charge on any atom is -0.341 e. The topological polar surface area (TPSA) is 35.6 Å². The average Bonchev–Trinajstić information content (AvgIpc) is 3.17. The van der Waals surface area contributed by atoms with Crippen molar-refractivity contribution in [1.29, 1.82) is 0 Å².